The monoisotopic (exact) mass is 424 g/mol. The quantitative estimate of drug-likeness (QED) is 0.818. The Morgan fingerprint density at radius 3 is 2.93 bits per heavy atom. The van der Waals surface area contributed by atoms with Crippen molar-refractivity contribution in [1.29, 1.82) is 0 Å². The minimum absolute atomic E-state index is 0. The van der Waals surface area contributed by atoms with Gasteiger partial charge in [-0.15, -0.1) is 23.7 Å². The molecule has 1 saturated heterocycles. The van der Waals surface area contributed by atoms with E-state index < -0.39 is 0 Å². The molecule has 1 aliphatic carbocycles. The van der Waals surface area contributed by atoms with Crippen LogP contribution in [0.5, 0.6) is 0 Å². The van der Waals surface area contributed by atoms with Gasteiger partial charge in [0.2, 0.25) is 5.91 Å². The van der Waals surface area contributed by atoms with Crippen LogP contribution in [-0.2, 0) is 24.2 Å². The first-order valence-corrected chi connectivity index (χ1v) is 10.9. The zero-order chi connectivity index (χ0) is 19.0. The van der Waals surface area contributed by atoms with Gasteiger partial charge in [0.05, 0.1) is 11.7 Å². The summed E-state index contributed by atoms with van der Waals surface area (Å²) in [6, 6.07) is 0.111. The highest BCUT2D eigenvalue weighted by Crippen LogP contribution is 2.33. The first-order valence-electron chi connectivity index (χ1n) is 10.1. The molecule has 154 valence electrons. The lowest BCUT2D eigenvalue weighted by Gasteiger charge is -2.34. The van der Waals surface area contributed by atoms with Crippen molar-refractivity contribution in [2.75, 3.05) is 13.1 Å². The van der Waals surface area contributed by atoms with Crippen LogP contribution in [0.3, 0.4) is 0 Å². The summed E-state index contributed by atoms with van der Waals surface area (Å²) in [5, 5.41) is 0.791. The molecule has 28 heavy (non-hydrogen) atoms. The van der Waals surface area contributed by atoms with Crippen molar-refractivity contribution in [3.05, 3.63) is 27.1 Å². The topological polar surface area (TPSA) is 81.2 Å². The molecule has 2 unspecified atom stereocenters. The van der Waals surface area contributed by atoms with Crippen LogP contribution in [0.1, 0.15) is 49.5 Å². The summed E-state index contributed by atoms with van der Waals surface area (Å²) in [6.45, 7) is 3.94. The molecule has 2 aromatic heterocycles. The van der Waals surface area contributed by atoms with E-state index in [2.05, 4.69) is 4.98 Å². The van der Waals surface area contributed by atoms with E-state index >= 15 is 0 Å². The molecule has 2 atom stereocenters. The molecule has 2 aromatic rings. The van der Waals surface area contributed by atoms with Crippen molar-refractivity contribution in [2.45, 2.75) is 64.5 Å². The lowest BCUT2D eigenvalue weighted by atomic mass is 9.92. The second-order valence-corrected chi connectivity index (χ2v) is 9.07. The fraction of sp³-hybridized carbons (Fsp3) is 0.650. The third-order valence-corrected chi connectivity index (χ3v) is 7.26. The van der Waals surface area contributed by atoms with E-state index in [1.165, 1.54) is 16.9 Å². The van der Waals surface area contributed by atoms with E-state index in [0.717, 1.165) is 55.4 Å². The second-order valence-electron chi connectivity index (χ2n) is 7.99. The molecule has 0 saturated carbocycles. The van der Waals surface area contributed by atoms with Crippen molar-refractivity contribution in [3.63, 3.8) is 0 Å². The third kappa shape index (κ3) is 4.11. The normalized spacial score (nSPS) is 20.5. The lowest BCUT2D eigenvalue weighted by Crippen LogP contribution is -2.45. The molecular formula is C20H29ClN4O2S. The van der Waals surface area contributed by atoms with Gasteiger partial charge in [0.15, 0.2) is 0 Å². The van der Waals surface area contributed by atoms with Crippen molar-refractivity contribution >= 4 is 39.9 Å². The molecular weight excluding hydrogens is 396 g/mol. The number of carbonyl (C=O) groups is 1. The van der Waals surface area contributed by atoms with Gasteiger partial charge in [0.1, 0.15) is 4.83 Å². The van der Waals surface area contributed by atoms with E-state index in [-0.39, 0.29) is 29.9 Å². The van der Waals surface area contributed by atoms with Crippen LogP contribution in [0.25, 0.3) is 10.2 Å². The number of aryl methyl sites for hydroxylation is 3. The third-order valence-electron chi connectivity index (χ3n) is 6.06. The van der Waals surface area contributed by atoms with Gasteiger partial charge < -0.3 is 10.6 Å². The minimum Gasteiger partial charge on any atom is -0.342 e. The van der Waals surface area contributed by atoms with E-state index in [1.807, 2.05) is 11.8 Å². The number of hydrogen-bond donors (Lipinski definition) is 1. The number of nitrogens with two attached hydrogens (primary N) is 1. The maximum atomic E-state index is 13.0. The predicted octanol–water partition coefficient (Wildman–Crippen LogP) is 2.73. The largest absolute Gasteiger partial charge is 0.342 e. The van der Waals surface area contributed by atoms with Crippen LogP contribution in [0.2, 0.25) is 0 Å². The van der Waals surface area contributed by atoms with Gasteiger partial charge in [0, 0.05) is 37.0 Å². The van der Waals surface area contributed by atoms with Gasteiger partial charge in [-0.2, -0.15) is 0 Å². The number of fused-ring (bicyclic) bond motifs is 3. The van der Waals surface area contributed by atoms with Crippen LogP contribution in [-0.4, -0.2) is 39.5 Å². The van der Waals surface area contributed by atoms with E-state index in [4.69, 9.17) is 5.73 Å². The molecule has 1 aliphatic heterocycles. The number of carbonyl (C=O) groups excluding carboxylic acids is 1. The molecule has 0 radical (unpaired) electrons. The Labute approximate surface area is 175 Å². The average Bonchev–Trinajstić information content (AvgIpc) is 3.06. The molecule has 3 heterocycles. The van der Waals surface area contributed by atoms with Gasteiger partial charge >= 0.3 is 0 Å². The van der Waals surface area contributed by atoms with Crippen LogP contribution in [0.15, 0.2) is 11.1 Å². The molecule has 0 aromatic carbocycles. The summed E-state index contributed by atoms with van der Waals surface area (Å²) in [7, 11) is 0. The van der Waals surface area contributed by atoms with Gasteiger partial charge in [-0.25, -0.2) is 4.98 Å². The molecule has 4 rings (SSSR count). The van der Waals surface area contributed by atoms with Gasteiger partial charge in [-0.3, -0.25) is 14.2 Å². The maximum Gasteiger partial charge on any atom is 0.262 e. The van der Waals surface area contributed by atoms with Crippen molar-refractivity contribution in [1.82, 2.24) is 14.5 Å². The number of amides is 1. The Balaban J connectivity index is 0.00000225. The maximum absolute atomic E-state index is 13.0. The lowest BCUT2D eigenvalue weighted by molar-refractivity contribution is -0.133. The standard InChI is InChI=1S/C20H28N4O2S.ClH/c1-13(21)14-5-4-9-23(11-14)17(25)8-10-24-12-22-19-18(20(24)26)15-6-2-3-7-16(15)27-19;/h12-14H,2-11,21H2,1H3;1H. The Morgan fingerprint density at radius 1 is 1.36 bits per heavy atom. The zero-order valence-corrected chi connectivity index (χ0v) is 18.0. The summed E-state index contributed by atoms with van der Waals surface area (Å²) in [5.74, 6) is 0.487. The molecule has 1 fully saturated rings. The van der Waals surface area contributed by atoms with Gasteiger partial charge in [0.25, 0.3) is 5.56 Å². The van der Waals surface area contributed by atoms with Crippen LogP contribution in [0, 0.1) is 5.92 Å². The Hall–Kier alpha value is -1.44. The number of thiophene rings is 1. The van der Waals surface area contributed by atoms with Crippen LogP contribution in [0.4, 0.5) is 0 Å². The number of halogens is 1. The number of nitrogens with zero attached hydrogens (tertiary/aromatic N) is 3. The molecule has 0 bridgehead atoms. The molecule has 1 amide bonds. The van der Waals surface area contributed by atoms with E-state index in [9.17, 15) is 9.59 Å². The fourth-order valence-electron chi connectivity index (χ4n) is 4.38. The van der Waals surface area contributed by atoms with Crippen LogP contribution >= 0.6 is 23.7 Å². The molecule has 8 heteroatoms. The van der Waals surface area contributed by atoms with Gasteiger partial charge in [-0.1, -0.05) is 0 Å². The number of aromatic nitrogens is 2. The Morgan fingerprint density at radius 2 is 2.14 bits per heavy atom. The first-order chi connectivity index (χ1) is 13.0. The highest BCUT2D eigenvalue weighted by molar-refractivity contribution is 7.18. The molecule has 2 N–H and O–H groups in total. The predicted molar refractivity (Wildman–Crippen MR) is 115 cm³/mol. The van der Waals surface area contributed by atoms with Gasteiger partial charge in [-0.05, 0) is 56.9 Å². The highest BCUT2D eigenvalue weighted by Gasteiger charge is 2.26. The second kappa shape index (κ2) is 8.93. The number of rotatable bonds is 4. The Bertz CT molecular complexity index is 907. The van der Waals surface area contributed by atoms with Crippen molar-refractivity contribution in [3.8, 4) is 0 Å². The summed E-state index contributed by atoms with van der Waals surface area (Å²) < 4.78 is 1.62. The van der Waals surface area contributed by atoms with E-state index in [0.29, 0.717) is 18.9 Å². The Kier molecular flexibility index (Phi) is 6.78. The van der Waals surface area contributed by atoms with E-state index in [1.54, 1.807) is 22.2 Å². The highest BCUT2D eigenvalue weighted by atomic mass is 35.5. The first kappa shape index (κ1) is 21.3. The summed E-state index contributed by atoms with van der Waals surface area (Å²) in [6.07, 6.45) is 8.41. The number of piperidine rings is 1. The minimum atomic E-state index is 0. The van der Waals surface area contributed by atoms with Crippen LogP contribution < -0.4 is 11.3 Å². The number of likely N-dealkylation sites (tertiary alicyclic amines) is 1. The molecule has 2 aliphatic rings. The van der Waals surface area contributed by atoms with Crippen molar-refractivity contribution < 1.29 is 4.79 Å². The summed E-state index contributed by atoms with van der Waals surface area (Å²) in [4.78, 5) is 34.2. The summed E-state index contributed by atoms with van der Waals surface area (Å²) in [5.41, 5.74) is 7.24. The fourth-order valence-corrected chi connectivity index (χ4v) is 5.60. The average molecular weight is 425 g/mol. The molecule has 0 spiro atoms. The summed E-state index contributed by atoms with van der Waals surface area (Å²) >= 11 is 1.66. The van der Waals surface area contributed by atoms with Crippen molar-refractivity contribution in [2.24, 2.45) is 11.7 Å². The smallest absolute Gasteiger partial charge is 0.262 e. The molecule has 6 nitrogen and oxygen atoms in total. The number of hydrogen-bond acceptors (Lipinski definition) is 5. The zero-order valence-electron chi connectivity index (χ0n) is 16.4. The SMILES string of the molecule is CC(N)C1CCCN(C(=O)CCn2cnc3sc4c(c3c2=O)CCCC4)C1.Cl.